The largest absolute Gasteiger partial charge is 0.481 e. The van der Waals surface area contributed by atoms with E-state index in [9.17, 15) is 4.79 Å². The van der Waals surface area contributed by atoms with Crippen LogP contribution >= 0.6 is 11.5 Å². The SMILES string of the molecule is Cc1nsc(NCCC(C)C(=O)O)n1. The van der Waals surface area contributed by atoms with E-state index in [1.54, 1.807) is 6.92 Å². The van der Waals surface area contributed by atoms with Gasteiger partial charge in [-0.25, -0.2) is 4.98 Å². The van der Waals surface area contributed by atoms with Crippen molar-refractivity contribution in [3.8, 4) is 0 Å². The monoisotopic (exact) mass is 215 g/mol. The molecule has 0 aromatic carbocycles. The minimum atomic E-state index is -0.764. The molecule has 0 radical (unpaired) electrons. The maximum Gasteiger partial charge on any atom is 0.306 e. The van der Waals surface area contributed by atoms with Gasteiger partial charge in [0, 0.05) is 18.1 Å². The summed E-state index contributed by atoms with van der Waals surface area (Å²) in [5, 5.41) is 12.4. The highest BCUT2D eigenvalue weighted by Crippen LogP contribution is 2.10. The van der Waals surface area contributed by atoms with Crippen molar-refractivity contribution in [3.05, 3.63) is 5.82 Å². The molecular weight excluding hydrogens is 202 g/mol. The average molecular weight is 215 g/mol. The highest BCUT2D eigenvalue weighted by atomic mass is 32.1. The van der Waals surface area contributed by atoms with Gasteiger partial charge in [-0.05, 0) is 13.3 Å². The van der Waals surface area contributed by atoms with Gasteiger partial charge in [0.1, 0.15) is 5.82 Å². The Hall–Kier alpha value is -1.17. The number of carboxylic acid groups (broad SMARTS) is 1. The number of rotatable bonds is 5. The molecule has 0 aliphatic rings. The maximum absolute atomic E-state index is 10.5. The number of anilines is 1. The molecule has 0 bridgehead atoms. The van der Waals surface area contributed by atoms with Crippen molar-refractivity contribution in [2.45, 2.75) is 20.3 Å². The van der Waals surface area contributed by atoms with Crippen LogP contribution in [0.4, 0.5) is 5.13 Å². The lowest BCUT2D eigenvalue weighted by atomic mass is 10.1. The molecular formula is C8H13N3O2S. The number of aryl methyl sites for hydroxylation is 1. The minimum Gasteiger partial charge on any atom is -0.481 e. The van der Waals surface area contributed by atoms with E-state index < -0.39 is 5.97 Å². The summed E-state index contributed by atoms with van der Waals surface area (Å²) in [4.78, 5) is 14.6. The smallest absolute Gasteiger partial charge is 0.306 e. The molecule has 78 valence electrons. The predicted octanol–water partition coefficient (Wildman–Crippen LogP) is 1.37. The number of nitrogens with one attached hydrogen (secondary N) is 1. The van der Waals surface area contributed by atoms with E-state index in [-0.39, 0.29) is 5.92 Å². The number of carbonyl (C=O) groups is 1. The second-order valence-electron chi connectivity index (χ2n) is 3.10. The zero-order valence-electron chi connectivity index (χ0n) is 8.15. The van der Waals surface area contributed by atoms with Crippen LogP contribution < -0.4 is 5.32 Å². The molecule has 14 heavy (non-hydrogen) atoms. The molecule has 1 atom stereocenters. The van der Waals surface area contributed by atoms with E-state index in [1.807, 2.05) is 6.92 Å². The second-order valence-corrected chi connectivity index (χ2v) is 3.85. The molecule has 0 fully saturated rings. The summed E-state index contributed by atoms with van der Waals surface area (Å²) < 4.78 is 4.00. The van der Waals surface area contributed by atoms with Gasteiger partial charge in [-0.15, -0.1) is 0 Å². The number of aliphatic carboxylic acids is 1. The molecule has 2 N–H and O–H groups in total. The van der Waals surface area contributed by atoms with Crippen LogP contribution in [0.3, 0.4) is 0 Å². The summed E-state index contributed by atoms with van der Waals surface area (Å²) in [5.41, 5.74) is 0. The van der Waals surface area contributed by atoms with Crippen molar-refractivity contribution in [2.24, 2.45) is 5.92 Å². The van der Waals surface area contributed by atoms with Gasteiger partial charge >= 0.3 is 5.97 Å². The van der Waals surface area contributed by atoms with E-state index in [2.05, 4.69) is 14.7 Å². The number of hydrogen-bond acceptors (Lipinski definition) is 5. The predicted molar refractivity (Wildman–Crippen MR) is 54.6 cm³/mol. The molecule has 1 heterocycles. The van der Waals surface area contributed by atoms with E-state index in [0.29, 0.717) is 13.0 Å². The van der Waals surface area contributed by atoms with Gasteiger partial charge < -0.3 is 10.4 Å². The summed E-state index contributed by atoms with van der Waals surface area (Å²) in [6.07, 6.45) is 0.591. The summed E-state index contributed by atoms with van der Waals surface area (Å²) >= 11 is 1.29. The van der Waals surface area contributed by atoms with Gasteiger partial charge in [0.2, 0.25) is 5.13 Å². The highest BCUT2D eigenvalue weighted by Gasteiger charge is 2.10. The molecule has 1 aromatic rings. The molecule has 5 nitrogen and oxygen atoms in total. The highest BCUT2D eigenvalue weighted by molar-refractivity contribution is 7.09. The van der Waals surface area contributed by atoms with Crippen molar-refractivity contribution >= 4 is 22.6 Å². The average Bonchev–Trinajstić information content (AvgIpc) is 2.51. The van der Waals surface area contributed by atoms with Gasteiger partial charge in [0.15, 0.2) is 0 Å². The fourth-order valence-electron chi connectivity index (χ4n) is 0.888. The van der Waals surface area contributed by atoms with E-state index in [0.717, 1.165) is 11.0 Å². The second kappa shape index (κ2) is 4.90. The van der Waals surface area contributed by atoms with Crippen molar-refractivity contribution < 1.29 is 9.90 Å². The quantitative estimate of drug-likeness (QED) is 0.775. The zero-order valence-corrected chi connectivity index (χ0v) is 8.97. The Bertz CT molecular complexity index is 313. The van der Waals surface area contributed by atoms with Crippen molar-refractivity contribution in [1.82, 2.24) is 9.36 Å². The van der Waals surface area contributed by atoms with E-state index >= 15 is 0 Å². The first-order valence-corrected chi connectivity index (χ1v) is 5.14. The fraction of sp³-hybridized carbons (Fsp3) is 0.625. The molecule has 1 rings (SSSR count). The lowest BCUT2D eigenvalue weighted by Gasteiger charge is -2.05. The Balaban J connectivity index is 2.25. The molecule has 6 heteroatoms. The minimum absolute atomic E-state index is 0.323. The summed E-state index contributed by atoms with van der Waals surface area (Å²) in [6, 6.07) is 0. The number of aromatic nitrogens is 2. The van der Waals surface area contributed by atoms with E-state index in [1.165, 1.54) is 11.5 Å². The van der Waals surface area contributed by atoms with Gasteiger partial charge in [-0.2, -0.15) is 4.37 Å². The van der Waals surface area contributed by atoms with Crippen LogP contribution in [0.2, 0.25) is 0 Å². The van der Waals surface area contributed by atoms with Crippen molar-refractivity contribution in [1.29, 1.82) is 0 Å². The Morgan fingerprint density at radius 1 is 1.71 bits per heavy atom. The van der Waals surface area contributed by atoms with Crippen molar-refractivity contribution in [3.63, 3.8) is 0 Å². The van der Waals surface area contributed by atoms with Crippen LogP contribution in [-0.2, 0) is 4.79 Å². The Kier molecular flexibility index (Phi) is 3.82. The van der Waals surface area contributed by atoms with Gasteiger partial charge in [-0.3, -0.25) is 4.79 Å². The number of nitrogens with zero attached hydrogens (tertiary/aromatic N) is 2. The zero-order chi connectivity index (χ0) is 10.6. The summed E-state index contributed by atoms with van der Waals surface area (Å²) in [6.45, 7) is 4.12. The first-order valence-electron chi connectivity index (χ1n) is 4.36. The van der Waals surface area contributed by atoms with Crippen LogP contribution in [-0.4, -0.2) is 27.0 Å². The Labute approximate surface area is 86.3 Å². The summed E-state index contributed by atoms with van der Waals surface area (Å²) in [5.74, 6) is -0.347. The van der Waals surface area contributed by atoms with Crippen LogP contribution in [0.5, 0.6) is 0 Å². The molecule has 0 aliphatic heterocycles. The third-order valence-electron chi connectivity index (χ3n) is 1.80. The molecule has 0 saturated carbocycles. The first-order chi connectivity index (χ1) is 6.59. The third-order valence-corrected chi connectivity index (χ3v) is 2.57. The van der Waals surface area contributed by atoms with Crippen LogP contribution in [0, 0.1) is 12.8 Å². The molecule has 0 amide bonds. The normalized spacial score (nSPS) is 12.4. The molecule has 1 unspecified atom stereocenters. The van der Waals surface area contributed by atoms with Gasteiger partial charge in [-0.1, -0.05) is 6.92 Å². The Morgan fingerprint density at radius 2 is 2.43 bits per heavy atom. The first kappa shape index (κ1) is 10.9. The Morgan fingerprint density at radius 3 is 2.93 bits per heavy atom. The van der Waals surface area contributed by atoms with Gasteiger partial charge in [0.25, 0.3) is 0 Å². The standard InChI is InChI=1S/C8H13N3O2S/c1-5(7(12)13)3-4-9-8-10-6(2)11-14-8/h5H,3-4H2,1-2H3,(H,12,13)(H,9,10,11). The number of carboxylic acids is 1. The summed E-state index contributed by atoms with van der Waals surface area (Å²) in [7, 11) is 0. The third kappa shape index (κ3) is 3.29. The lowest BCUT2D eigenvalue weighted by Crippen LogP contribution is -2.14. The fourth-order valence-corrected chi connectivity index (χ4v) is 1.49. The van der Waals surface area contributed by atoms with Crippen LogP contribution in [0.15, 0.2) is 0 Å². The van der Waals surface area contributed by atoms with Crippen molar-refractivity contribution in [2.75, 3.05) is 11.9 Å². The van der Waals surface area contributed by atoms with Crippen LogP contribution in [0.25, 0.3) is 0 Å². The maximum atomic E-state index is 10.5. The molecule has 0 aliphatic carbocycles. The molecule has 0 spiro atoms. The van der Waals surface area contributed by atoms with Crippen LogP contribution in [0.1, 0.15) is 19.2 Å². The van der Waals surface area contributed by atoms with Gasteiger partial charge in [0.05, 0.1) is 5.92 Å². The topological polar surface area (TPSA) is 75.1 Å². The molecule has 1 aromatic heterocycles. The number of hydrogen-bond donors (Lipinski definition) is 2. The van der Waals surface area contributed by atoms with E-state index in [4.69, 9.17) is 5.11 Å². The molecule has 0 saturated heterocycles. The lowest BCUT2D eigenvalue weighted by molar-refractivity contribution is -0.141.